The number of carbonyl (C=O) groups is 1. The van der Waals surface area contributed by atoms with Gasteiger partial charge in [-0.2, -0.15) is 13.2 Å². The molecule has 1 amide bonds. The number of nitrogens with one attached hydrogen (secondary N) is 2. The molecule has 7 rings (SSSR count). The number of amides is 1. The van der Waals surface area contributed by atoms with E-state index in [2.05, 4.69) is 33.8 Å². The maximum Gasteiger partial charge on any atom is 0.416 e. The van der Waals surface area contributed by atoms with Gasteiger partial charge in [0.1, 0.15) is 12.2 Å². The molecule has 3 saturated carbocycles. The molecule has 2 heterocycles. The standard InChI is InChI=1S/C34H41F3N6O2/c1-32(9-6-10-32)38-18-21-11-27-28(29(12-21)34(35,36)37)19-43(30(27)44)25-14-22(13-24(15-25)40-23-7-4-5-8-23)33(16-26(17-33)45-3)31-41-39-20-42(31)2/h11-15,20,23,26,38,40H,4-10,16-19H2,1-3H3. The molecule has 0 atom stereocenters. The van der Waals surface area contributed by atoms with Crippen molar-refractivity contribution < 1.29 is 22.7 Å². The number of rotatable bonds is 9. The quantitative estimate of drug-likeness (QED) is 0.285. The summed E-state index contributed by atoms with van der Waals surface area (Å²) in [5.41, 5.74) is 1.71. The molecule has 4 aliphatic rings. The molecule has 1 aromatic heterocycles. The second-order valence-electron chi connectivity index (χ2n) is 13.8. The van der Waals surface area contributed by atoms with Crippen LogP contribution in [-0.4, -0.2) is 45.5 Å². The molecule has 0 spiro atoms. The highest BCUT2D eigenvalue weighted by Crippen LogP contribution is 2.51. The predicted molar refractivity (Wildman–Crippen MR) is 165 cm³/mol. The lowest BCUT2D eigenvalue weighted by Gasteiger charge is -2.46. The fourth-order valence-corrected chi connectivity index (χ4v) is 7.81. The van der Waals surface area contributed by atoms with E-state index >= 15 is 0 Å². The monoisotopic (exact) mass is 622 g/mol. The minimum absolute atomic E-state index is 0.0351. The molecule has 1 aliphatic heterocycles. The molecule has 3 aliphatic carbocycles. The Kier molecular flexibility index (Phi) is 7.47. The first-order valence-corrected chi connectivity index (χ1v) is 16.1. The lowest BCUT2D eigenvalue weighted by atomic mass is 9.61. The number of hydrogen-bond acceptors (Lipinski definition) is 6. The number of alkyl halides is 3. The normalized spacial score (nSPS) is 24.4. The lowest BCUT2D eigenvalue weighted by Crippen LogP contribution is -2.48. The number of ether oxygens (including phenoxy) is 1. The molecule has 11 heteroatoms. The molecule has 0 unspecified atom stereocenters. The Hall–Kier alpha value is -3.44. The van der Waals surface area contributed by atoms with E-state index in [1.807, 2.05) is 23.7 Å². The summed E-state index contributed by atoms with van der Waals surface area (Å²) < 4.78 is 51.0. The number of hydrogen-bond donors (Lipinski definition) is 2. The van der Waals surface area contributed by atoms with Crippen LogP contribution in [0, 0.1) is 0 Å². The predicted octanol–water partition coefficient (Wildman–Crippen LogP) is 6.48. The number of nitrogens with zero attached hydrogens (tertiary/aromatic N) is 4. The average Bonchev–Trinajstić information content (AvgIpc) is 3.71. The molecule has 8 nitrogen and oxygen atoms in total. The number of halogens is 3. The number of methoxy groups -OCH3 is 1. The molecular weight excluding hydrogens is 581 g/mol. The van der Waals surface area contributed by atoms with Gasteiger partial charge in [-0.3, -0.25) is 4.79 Å². The SMILES string of the molecule is COC1CC(c2cc(NC3CCCC3)cc(N3Cc4c(cc(CNC5(C)CCC5)cc4C(F)(F)F)C3=O)c2)(c2nncn2C)C1. The Morgan fingerprint density at radius 2 is 1.82 bits per heavy atom. The fourth-order valence-electron chi connectivity index (χ4n) is 7.81. The van der Waals surface area contributed by atoms with Crippen molar-refractivity contribution in [1.82, 2.24) is 20.1 Å². The topological polar surface area (TPSA) is 84.3 Å². The van der Waals surface area contributed by atoms with E-state index in [1.54, 1.807) is 19.5 Å². The molecule has 3 fully saturated rings. The number of aryl methyl sites for hydroxylation is 1. The van der Waals surface area contributed by atoms with Gasteiger partial charge in [0.05, 0.1) is 23.6 Å². The van der Waals surface area contributed by atoms with Crippen molar-refractivity contribution in [2.24, 2.45) is 7.05 Å². The fraction of sp³-hybridized carbons (Fsp3) is 0.559. The summed E-state index contributed by atoms with van der Waals surface area (Å²) in [5, 5.41) is 15.7. The van der Waals surface area contributed by atoms with Gasteiger partial charge < -0.3 is 24.8 Å². The van der Waals surface area contributed by atoms with Gasteiger partial charge >= 0.3 is 6.18 Å². The average molecular weight is 623 g/mol. The summed E-state index contributed by atoms with van der Waals surface area (Å²) in [7, 11) is 3.61. The number of fused-ring (bicyclic) bond motifs is 1. The summed E-state index contributed by atoms with van der Waals surface area (Å²) in [6.45, 7) is 2.24. The van der Waals surface area contributed by atoms with Crippen LogP contribution >= 0.6 is 0 Å². The second-order valence-corrected chi connectivity index (χ2v) is 13.8. The summed E-state index contributed by atoms with van der Waals surface area (Å²) >= 11 is 0. The van der Waals surface area contributed by atoms with Crippen LogP contribution in [0.15, 0.2) is 36.7 Å². The maximum absolute atomic E-state index is 14.5. The zero-order valence-electron chi connectivity index (χ0n) is 26.1. The van der Waals surface area contributed by atoms with Gasteiger partial charge in [-0.1, -0.05) is 12.8 Å². The smallest absolute Gasteiger partial charge is 0.382 e. The first kappa shape index (κ1) is 30.2. The Labute approximate surface area is 261 Å². The Bertz CT molecular complexity index is 1600. The van der Waals surface area contributed by atoms with Gasteiger partial charge in [0.15, 0.2) is 0 Å². The van der Waals surface area contributed by atoms with E-state index in [4.69, 9.17) is 4.74 Å². The van der Waals surface area contributed by atoms with E-state index in [-0.39, 0.29) is 35.9 Å². The highest BCUT2D eigenvalue weighted by molar-refractivity contribution is 6.10. The first-order chi connectivity index (χ1) is 21.5. The van der Waals surface area contributed by atoms with Gasteiger partial charge in [0, 0.05) is 49.2 Å². The van der Waals surface area contributed by atoms with Crippen molar-refractivity contribution in [3.05, 3.63) is 70.3 Å². The van der Waals surface area contributed by atoms with E-state index in [9.17, 15) is 18.0 Å². The van der Waals surface area contributed by atoms with Crippen LogP contribution in [0.3, 0.4) is 0 Å². The van der Waals surface area contributed by atoms with Crippen LogP contribution in [-0.2, 0) is 36.5 Å². The van der Waals surface area contributed by atoms with E-state index in [0.717, 1.165) is 62.0 Å². The minimum atomic E-state index is -4.58. The Morgan fingerprint density at radius 1 is 1.07 bits per heavy atom. The Balaban J connectivity index is 1.28. The summed E-state index contributed by atoms with van der Waals surface area (Å²) in [6.07, 6.45) is 6.01. The van der Waals surface area contributed by atoms with Crippen molar-refractivity contribution in [3.8, 4) is 0 Å². The highest BCUT2D eigenvalue weighted by atomic mass is 19.4. The van der Waals surface area contributed by atoms with E-state index in [0.29, 0.717) is 30.1 Å². The third-order valence-electron chi connectivity index (χ3n) is 10.7. The van der Waals surface area contributed by atoms with Crippen LogP contribution in [0.4, 0.5) is 24.5 Å². The van der Waals surface area contributed by atoms with Gasteiger partial charge in [-0.25, -0.2) is 0 Å². The molecule has 240 valence electrons. The molecule has 0 saturated heterocycles. The molecule has 2 N–H and O–H groups in total. The van der Waals surface area contributed by atoms with Crippen molar-refractivity contribution in [2.75, 3.05) is 17.3 Å². The number of anilines is 2. The van der Waals surface area contributed by atoms with Gasteiger partial charge in [-0.05, 0) is 98.9 Å². The molecule has 0 bridgehead atoms. The third-order valence-corrected chi connectivity index (χ3v) is 10.7. The highest BCUT2D eigenvalue weighted by Gasteiger charge is 2.51. The number of benzene rings is 2. The van der Waals surface area contributed by atoms with Gasteiger partial charge in [-0.15, -0.1) is 10.2 Å². The molecule has 45 heavy (non-hydrogen) atoms. The van der Waals surface area contributed by atoms with Crippen LogP contribution in [0.1, 0.15) is 103 Å². The van der Waals surface area contributed by atoms with Crippen molar-refractivity contribution in [3.63, 3.8) is 0 Å². The van der Waals surface area contributed by atoms with Crippen LogP contribution in [0.2, 0.25) is 0 Å². The second kappa shape index (κ2) is 11.1. The number of carbonyl (C=O) groups excluding carboxylic acids is 1. The van der Waals surface area contributed by atoms with E-state index in [1.165, 1.54) is 11.0 Å². The summed E-state index contributed by atoms with van der Waals surface area (Å²) in [4.78, 5) is 15.6. The maximum atomic E-state index is 14.5. The van der Waals surface area contributed by atoms with Gasteiger partial charge in [0.25, 0.3) is 5.91 Å². The van der Waals surface area contributed by atoms with Crippen LogP contribution < -0.4 is 15.5 Å². The zero-order valence-corrected chi connectivity index (χ0v) is 26.1. The van der Waals surface area contributed by atoms with Crippen molar-refractivity contribution in [1.29, 1.82) is 0 Å². The summed E-state index contributed by atoms with van der Waals surface area (Å²) in [5.74, 6) is 0.389. The van der Waals surface area contributed by atoms with Gasteiger partial charge in [0.2, 0.25) is 0 Å². The van der Waals surface area contributed by atoms with E-state index < -0.39 is 23.1 Å². The zero-order chi connectivity index (χ0) is 31.6. The third kappa shape index (κ3) is 5.41. The first-order valence-electron chi connectivity index (χ1n) is 16.1. The van der Waals surface area contributed by atoms with Crippen LogP contribution in [0.25, 0.3) is 0 Å². The number of aromatic nitrogens is 3. The largest absolute Gasteiger partial charge is 0.416 e. The lowest BCUT2D eigenvalue weighted by molar-refractivity contribution is -0.138. The molecule has 2 aromatic carbocycles. The Morgan fingerprint density at radius 3 is 2.44 bits per heavy atom. The molecular formula is C34H41F3N6O2. The van der Waals surface area contributed by atoms with Crippen molar-refractivity contribution in [2.45, 2.75) is 107 Å². The molecule has 3 aromatic rings. The van der Waals surface area contributed by atoms with Crippen LogP contribution in [0.5, 0.6) is 0 Å². The molecule has 0 radical (unpaired) electrons. The minimum Gasteiger partial charge on any atom is -0.382 e. The summed E-state index contributed by atoms with van der Waals surface area (Å²) in [6, 6.07) is 9.16. The van der Waals surface area contributed by atoms with Crippen molar-refractivity contribution >= 4 is 17.3 Å².